The molecule has 0 aliphatic rings. The molecular weight excluding hydrogens is 953 g/mol. The molecule has 26 nitrogen and oxygen atoms in total. The lowest BCUT2D eigenvalue weighted by molar-refractivity contribution is -0.144. The first-order valence-electron chi connectivity index (χ1n) is 22.8. The summed E-state index contributed by atoms with van der Waals surface area (Å²) in [6.45, 7) is 8.11. The van der Waals surface area contributed by atoms with Crippen molar-refractivity contribution in [3.8, 4) is 0 Å². The number of hydrogen-bond acceptors (Lipinski definition) is 15. The third kappa shape index (κ3) is 23.7. The van der Waals surface area contributed by atoms with Gasteiger partial charge in [0.15, 0.2) is 5.96 Å². The van der Waals surface area contributed by atoms with E-state index >= 15 is 0 Å². The zero-order valence-electron chi connectivity index (χ0n) is 40.7. The van der Waals surface area contributed by atoms with Gasteiger partial charge in [-0.2, -0.15) is 12.6 Å². The molecule has 0 fully saturated rings. The lowest BCUT2D eigenvalue weighted by Gasteiger charge is -2.28. The van der Waals surface area contributed by atoms with Gasteiger partial charge in [0, 0.05) is 25.1 Å². The number of aliphatic hydroxyl groups excluding tert-OH is 2. The summed E-state index contributed by atoms with van der Waals surface area (Å²) in [6.07, 6.45) is -4.52. The molecule has 0 aromatic heterocycles. The van der Waals surface area contributed by atoms with Crippen LogP contribution in [-0.4, -0.2) is 165 Å². The molecule has 71 heavy (non-hydrogen) atoms. The molecule has 0 radical (unpaired) electrons. The van der Waals surface area contributed by atoms with Gasteiger partial charge >= 0.3 is 11.9 Å². The van der Waals surface area contributed by atoms with Crippen molar-refractivity contribution in [1.82, 2.24) is 42.5 Å². The number of carbonyl (C=O) groups is 10. The maximum Gasteiger partial charge on any atom is 0.326 e. The van der Waals surface area contributed by atoms with Gasteiger partial charge in [-0.1, -0.05) is 58.0 Å². The number of aliphatic hydroxyl groups is 2. The van der Waals surface area contributed by atoms with Gasteiger partial charge in [-0.05, 0) is 56.9 Å². The number of nitrogens with one attached hydrogen (secondary N) is 8. The second-order valence-electron chi connectivity index (χ2n) is 17.5. The molecule has 398 valence electrons. The molecular formula is C44H72N12O14S. The van der Waals surface area contributed by atoms with Crippen molar-refractivity contribution < 1.29 is 68.4 Å². The Kier molecular flexibility index (Phi) is 27.8. The fourth-order valence-corrected chi connectivity index (χ4v) is 6.74. The molecule has 0 spiro atoms. The number of aliphatic carboxylic acids is 2. The predicted molar refractivity (Wildman–Crippen MR) is 261 cm³/mol. The van der Waals surface area contributed by atoms with E-state index in [4.69, 9.17) is 17.2 Å². The summed E-state index contributed by atoms with van der Waals surface area (Å²) >= 11 is 4.01. The van der Waals surface area contributed by atoms with E-state index in [-0.39, 0.29) is 49.9 Å². The lowest BCUT2D eigenvalue weighted by atomic mass is 10.0. The molecule has 0 heterocycles. The second kappa shape index (κ2) is 31.6. The van der Waals surface area contributed by atoms with Gasteiger partial charge in [0.2, 0.25) is 47.3 Å². The summed E-state index contributed by atoms with van der Waals surface area (Å²) in [5.74, 6) is -11.4. The predicted octanol–water partition coefficient (Wildman–Crippen LogP) is -4.54. The zero-order valence-corrected chi connectivity index (χ0v) is 41.6. The maximum absolute atomic E-state index is 13.8. The number of guanidine groups is 1. The normalized spacial score (nSPS) is 15.3. The van der Waals surface area contributed by atoms with Crippen molar-refractivity contribution >= 4 is 77.8 Å². The lowest BCUT2D eigenvalue weighted by Crippen LogP contribution is -2.61. The molecule has 1 aromatic carbocycles. The van der Waals surface area contributed by atoms with Gasteiger partial charge in [-0.15, -0.1) is 0 Å². The summed E-state index contributed by atoms with van der Waals surface area (Å²) in [6, 6.07) is -3.31. The summed E-state index contributed by atoms with van der Waals surface area (Å²) in [5, 5.41) is 59.1. The molecule has 1 aromatic rings. The molecule has 0 unspecified atom stereocenters. The van der Waals surface area contributed by atoms with Crippen LogP contribution in [0.1, 0.15) is 79.2 Å². The Morgan fingerprint density at radius 3 is 1.61 bits per heavy atom. The van der Waals surface area contributed by atoms with Crippen LogP contribution in [0.4, 0.5) is 0 Å². The van der Waals surface area contributed by atoms with Crippen LogP contribution in [0.3, 0.4) is 0 Å². The monoisotopic (exact) mass is 1020 g/mol. The number of benzene rings is 1. The summed E-state index contributed by atoms with van der Waals surface area (Å²) in [5.41, 5.74) is 17.2. The van der Waals surface area contributed by atoms with Crippen molar-refractivity contribution in [2.75, 3.05) is 18.8 Å². The number of nitrogens with two attached hydrogens (primary N) is 3. The van der Waals surface area contributed by atoms with E-state index in [1.165, 1.54) is 20.8 Å². The van der Waals surface area contributed by atoms with Gasteiger partial charge in [0.05, 0.1) is 24.8 Å². The first-order valence-corrected chi connectivity index (χ1v) is 23.5. The number of nitrogens with zero attached hydrogens (tertiary/aromatic N) is 1. The van der Waals surface area contributed by atoms with Gasteiger partial charge < -0.3 is 80.2 Å². The molecule has 27 heteroatoms. The third-order valence-electron chi connectivity index (χ3n) is 10.4. The van der Waals surface area contributed by atoms with Crippen molar-refractivity contribution in [2.24, 2.45) is 34.0 Å². The van der Waals surface area contributed by atoms with E-state index in [9.17, 15) is 68.4 Å². The Labute approximate surface area is 417 Å². The number of amides is 8. The van der Waals surface area contributed by atoms with E-state index in [0.29, 0.717) is 5.56 Å². The highest BCUT2D eigenvalue weighted by Crippen LogP contribution is 2.10. The van der Waals surface area contributed by atoms with Crippen molar-refractivity contribution in [1.29, 1.82) is 0 Å². The summed E-state index contributed by atoms with van der Waals surface area (Å²) in [4.78, 5) is 135. The molecule has 0 aliphatic heterocycles. The van der Waals surface area contributed by atoms with Crippen LogP contribution in [-0.2, 0) is 54.4 Å². The average molecular weight is 1030 g/mol. The molecule has 0 bridgehead atoms. The summed E-state index contributed by atoms with van der Waals surface area (Å²) in [7, 11) is 0. The highest BCUT2D eigenvalue weighted by Gasteiger charge is 2.36. The standard InChI is InChI=1S/C44H72N12O14S/c1-21(2)17-29(52-36(62)26(45)20-71)40(66)56-34(23(5)57)41(67)53-30(18-25-11-8-7-9-12-25)37(63)49-19-31(59)50-27(13-10-16-48-44(46)47)38(64)51-28(14-15-32(60)61)39(65)55-35(24(6)58)42(68)54-33(22(3)4)43(69)70/h7-9,11-12,21-24,26-30,33-35,57-58,71H,10,13-20,45H2,1-6H3,(H,49,63)(H,50,59)(H,51,64)(H,52,62)(H,53,67)(H,54,68)(H,55,65)(H,56,66)(H,60,61)(H,69,70)(H4,46,47,48)/t23-,24-,26+,27+,28+,29+,30+,33+,34+,35+/m1/s1. The van der Waals surface area contributed by atoms with Crippen LogP contribution in [0.15, 0.2) is 35.3 Å². The van der Waals surface area contributed by atoms with E-state index in [1.54, 1.807) is 44.2 Å². The van der Waals surface area contributed by atoms with Gasteiger partial charge in [0.1, 0.15) is 42.3 Å². The molecule has 8 amide bonds. The van der Waals surface area contributed by atoms with Crippen LogP contribution in [0, 0.1) is 11.8 Å². The van der Waals surface area contributed by atoms with E-state index in [0.717, 1.165) is 6.92 Å². The first-order chi connectivity index (χ1) is 33.2. The van der Waals surface area contributed by atoms with Crippen molar-refractivity contribution in [3.05, 3.63) is 35.9 Å². The number of carboxylic acids is 2. The number of aliphatic imine (C=N–C) groups is 1. The van der Waals surface area contributed by atoms with Crippen LogP contribution in [0.2, 0.25) is 0 Å². The van der Waals surface area contributed by atoms with E-state index in [1.807, 2.05) is 0 Å². The number of carbonyl (C=O) groups excluding carboxylic acids is 8. The maximum atomic E-state index is 13.8. The molecule has 10 atom stereocenters. The highest BCUT2D eigenvalue weighted by molar-refractivity contribution is 7.80. The Hall–Kier alpha value is -6.58. The minimum absolute atomic E-state index is 0.0176. The van der Waals surface area contributed by atoms with Crippen LogP contribution in [0.5, 0.6) is 0 Å². The number of hydrogen-bond donors (Lipinski definition) is 16. The van der Waals surface area contributed by atoms with Crippen LogP contribution < -0.4 is 59.7 Å². The molecule has 1 rings (SSSR count). The quantitative estimate of drug-likeness (QED) is 0.0140. The van der Waals surface area contributed by atoms with Crippen molar-refractivity contribution in [3.63, 3.8) is 0 Å². The SMILES string of the molecule is CC(C)C[C@H](NC(=O)[C@@H](N)CS)C(=O)N[C@H](C(=O)N[C@@H](Cc1ccccc1)C(=O)NCC(=O)N[C@@H](CCCN=C(N)N)C(=O)N[C@@H](CCC(=O)O)C(=O)N[C@H](C(=O)N[C@H](C(=O)O)C(C)C)[C@@H](C)O)[C@@H](C)O. The smallest absolute Gasteiger partial charge is 0.326 e. The number of thiol groups is 1. The first kappa shape index (κ1) is 62.4. The van der Waals surface area contributed by atoms with E-state index < -0.39 is 145 Å². The fourth-order valence-electron chi connectivity index (χ4n) is 6.58. The Balaban J connectivity index is 3.40. The second-order valence-corrected chi connectivity index (χ2v) is 17.9. The topological polar surface area (TPSA) is 438 Å². The Morgan fingerprint density at radius 1 is 0.620 bits per heavy atom. The van der Waals surface area contributed by atoms with Gasteiger partial charge in [0.25, 0.3) is 0 Å². The molecule has 18 N–H and O–H groups in total. The molecule has 0 aliphatic carbocycles. The number of rotatable bonds is 32. The van der Waals surface area contributed by atoms with Gasteiger partial charge in [-0.25, -0.2) is 4.79 Å². The van der Waals surface area contributed by atoms with Crippen LogP contribution in [0.25, 0.3) is 0 Å². The Morgan fingerprint density at radius 2 is 1.11 bits per heavy atom. The van der Waals surface area contributed by atoms with Gasteiger partial charge in [-0.3, -0.25) is 48.1 Å². The molecule has 0 saturated heterocycles. The Bertz CT molecular complexity index is 2010. The fraction of sp³-hybridized carbons (Fsp3) is 0.614. The number of carboxylic acid groups (broad SMARTS) is 2. The van der Waals surface area contributed by atoms with E-state index in [2.05, 4.69) is 60.2 Å². The summed E-state index contributed by atoms with van der Waals surface area (Å²) < 4.78 is 0. The van der Waals surface area contributed by atoms with Crippen LogP contribution >= 0.6 is 12.6 Å². The van der Waals surface area contributed by atoms with Crippen molar-refractivity contribution in [2.45, 2.75) is 141 Å². The highest BCUT2D eigenvalue weighted by atomic mass is 32.1. The minimum atomic E-state index is -1.76. The molecule has 0 saturated carbocycles. The third-order valence-corrected chi connectivity index (χ3v) is 10.8. The average Bonchev–Trinajstić information content (AvgIpc) is 3.28. The largest absolute Gasteiger partial charge is 0.481 e. The minimum Gasteiger partial charge on any atom is -0.481 e. The zero-order chi connectivity index (χ0) is 54.1.